The van der Waals surface area contributed by atoms with E-state index in [4.69, 9.17) is 9.47 Å². The van der Waals surface area contributed by atoms with Crippen LogP contribution in [0.1, 0.15) is 21.7 Å². The third-order valence-electron chi connectivity index (χ3n) is 4.16. The van der Waals surface area contributed by atoms with Crippen LogP contribution in [0.3, 0.4) is 0 Å². The zero-order chi connectivity index (χ0) is 18.0. The van der Waals surface area contributed by atoms with Crippen molar-refractivity contribution in [2.24, 2.45) is 7.05 Å². The fraction of sp³-hybridized carbons (Fsp3) is 0.412. The Balaban J connectivity index is 1.77. The van der Waals surface area contributed by atoms with Crippen LogP contribution in [0.25, 0.3) is 17.5 Å². The Hall–Kier alpha value is -2.45. The van der Waals surface area contributed by atoms with Crippen LogP contribution in [0.5, 0.6) is 0 Å². The Morgan fingerprint density at radius 1 is 1.48 bits per heavy atom. The molecule has 2 heterocycles. The Kier molecular flexibility index (Phi) is 5.00. The maximum absolute atomic E-state index is 13.5. The first-order valence-corrected chi connectivity index (χ1v) is 7.94. The van der Waals surface area contributed by atoms with Gasteiger partial charge in [-0.25, -0.2) is 4.39 Å². The largest absolute Gasteiger partial charge is 0.354 e. The van der Waals surface area contributed by atoms with Gasteiger partial charge in [0.25, 0.3) is 5.91 Å². The van der Waals surface area contributed by atoms with Crippen LogP contribution >= 0.6 is 0 Å². The molecule has 1 aliphatic carbocycles. The molecule has 0 aliphatic heterocycles. The molecule has 0 aromatic carbocycles. The minimum absolute atomic E-state index is 0.219. The van der Waals surface area contributed by atoms with E-state index in [2.05, 4.69) is 15.4 Å². The number of carbonyl (C=O) groups is 1. The average molecular weight is 348 g/mol. The van der Waals surface area contributed by atoms with Crippen molar-refractivity contribution in [3.05, 3.63) is 35.2 Å². The molecular weight excluding hydrogens is 327 g/mol. The second-order valence-corrected chi connectivity index (χ2v) is 5.85. The van der Waals surface area contributed by atoms with Crippen molar-refractivity contribution in [1.29, 1.82) is 0 Å². The topological polar surface area (TPSA) is 81.2 Å². The minimum atomic E-state index is -0.960. The number of hydrogen-bond donors (Lipinski definition) is 2. The molecule has 1 amide bonds. The first-order valence-electron chi connectivity index (χ1n) is 7.94. The molecule has 134 valence electrons. The van der Waals surface area contributed by atoms with E-state index >= 15 is 0 Å². The number of alkyl halides is 1. The Morgan fingerprint density at radius 2 is 2.24 bits per heavy atom. The van der Waals surface area contributed by atoms with Crippen LogP contribution in [0.2, 0.25) is 0 Å². The predicted molar refractivity (Wildman–Crippen MR) is 90.8 cm³/mol. The van der Waals surface area contributed by atoms with Gasteiger partial charge >= 0.3 is 0 Å². The molecule has 3 rings (SSSR count). The number of aromatic amines is 1. The van der Waals surface area contributed by atoms with E-state index in [1.807, 2.05) is 6.07 Å². The number of nitrogens with one attached hydrogen (secondary N) is 2. The number of carbonyl (C=O) groups excluding carboxylic acids is 1. The number of amides is 1. The van der Waals surface area contributed by atoms with Gasteiger partial charge in [-0.15, -0.1) is 0 Å². The number of allylic oxidation sites excluding steroid dienone is 1. The third kappa shape index (κ3) is 3.64. The SMILES string of the molecule is COC(CNC(=O)c1cc(-c2cc3c([nH]2)C=CC(F)C3)n(C)n1)OC. The van der Waals surface area contributed by atoms with Gasteiger partial charge in [0.2, 0.25) is 0 Å². The second-order valence-electron chi connectivity index (χ2n) is 5.85. The third-order valence-corrected chi connectivity index (χ3v) is 4.16. The molecule has 1 unspecified atom stereocenters. The zero-order valence-electron chi connectivity index (χ0n) is 14.4. The summed E-state index contributed by atoms with van der Waals surface area (Å²) in [4.78, 5) is 15.5. The van der Waals surface area contributed by atoms with Crippen molar-refractivity contribution < 1.29 is 18.7 Å². The van der Waals surface area contributed by atoms with Crippen LogP contribution < -0.4 is 5.32 Å². The first-order chi connectivity index (χ1) is 12.0. The van der Waals surface area contributed by atoms with Crippen molar-refractivity contribution in [3.63, 3.8) is 0 Å². The maximum Gasteiger partial charge on any atom is 0.271 e. The highest BCUT2D eigenvalue weighted by atomic mass is 19.1. The molecule has 25 heavy (non-hydrogen) atoms. The summed E-state index contributed by atoms with van der Waals surface area (Å²) >= 11 is 0. The molecule has 1 aliphatic rings. The number of rotatable bonds is 6. The van der Waals surface area contributed by atoms with Gasteiger partial charge in [0.05, 0.1) is 17.9 Å². The number of ether oxygens (including phenoxy) is 2. The summed E-state index contributed by atoms with van der Waals surface area (Å²) in [5.41, 5.74) is 3.64. The summed E-state index contributed by atoms with van der Waals surface area (Å²) in [6.45, 7) is 0.219. The van der Waals surface area contributed by atoms with Crippen LogP contribution in [-0.4, -0.2) is 53.9 Å². The van der Waals surface area contributed by atoms with Crippen LogP contribution in [0.4, 0.5) is 4.39 Å². The van der Waals surface area contributed by atoms with Crippen molar-refractivity contribution in [3.8, 4) is 11.4 Å². The van der Waals surface area contributed by atoms with Crippen molar-refractivity contribution >= 4 is 12.0 Å². The molecule has 0 spiro atoms. The zero-order valence-corrected chi connectivity index (χ0v) is 14.4. The highest BCUT2D eigenvalue weighted by Crippen LogP contribution is 2.27. The van der Waals surface area contributed by atoms with E-state index in [-0.39, 0.29) is 18.1 Å². The van der Waals surface area contributed by atoms with Gasteiger partial charge < -0.3 is 19.8 Å². The highest BCUT2D eigenvalue weighted by Gasteiger charge is 2.20. The monoisotopic (exact) mass is 348 g/mol. The molecule has 0 fully saturated rings. The van der Waals surface area contributed by atoms with Crippen molar-refractivity contribution in [1.82, 2.24) is 20.1 Å². The van der Waals surface area contributed by atoms with Gasteiger partial charge in [-0.2, -0.15) is 5.10 Å². The smallest absolute Gasteiger partial charge is 0.271 e. The number of aryl methyl sites for hydroxylation is 1. The predicted octanol–water partition coefficient (Wildman–Crippen LogP) is 1.67. The molecule has 0 saturated carbocycles. The first kappa shape index (κ1) is 17.4. The lowest BCUT2D eigenvalue weighted by atomic mass is 10.0. The van der Waals surface area contributed by atoms with Crippen LogP contribution in [0, 0.1) is 0 Å². The minimum Gasteiger partial charge on any atom is -0.354 e. The lowest BCUT2D eigenvalue weighted by molar-refractivity contribution is -0.0974. The Morgan fingerprint density at radius 3 is 2.96 bits per heavy atom. The molecule has 0 radical (unpaired) electrons. The molecule has 0 saturated heterocycles. The summed E-state index contributed by atoms with van der Waals surface area (Å²) in [6, 6.07) is 3.59. The number of halogens is 1. The Labute approximate surface area is 144 Å². The number of nitrogens with zero attached hydrogens (tertiary/aromatic N) is 2. The van der Waals surface area contributed by atoms with Gasteiger partial charge in [0, 0.05) is 33.4 Å². The molecule has 8 heteroatoms. The lowest BCUT2D eigenvalue weighted by Crippen LogP contribution is -2.34. The van der Waals surface area contributed by atoms with Crippen molar-refractivity contribution in [2.75, 3.05) is 20.8 Å². The highest BCUT2D eigenvalue weighted by molar-refractivity contribution is 5.93. The number of H-pyrrole nitrogens is 1. The average Bonchev–Trinajstić information content (AvgIpc) is 3.18. The van der Waals surface area contributed by atoms with Gasteiger partial charge in [0.15, 0.2) is 12.0 Å². The summed E-state index contributed by atoms with van der Waals surface area (Å²) in [7, 11) is 4.76. The standard InChI is InChI=1S/C17H21FN4O3/c1-22-15(13-7-10-6-11(18)4-5-12(10)20-13)8-14(21-22)17(23)19-9-16(24-2)25-3/h4-5,7-8,11,16,20H,6,9H2,1-3H3,(H,19,23). The lowest BCUT2D eigenvalue weighted by Gasteiger charge is -2.13. The summed E-state index contributed by atoms with van der Waals surface area (Å²) in [5, 5.41) is 6.96. The number of aromatic nitrogens is 3. The number of methoxy groups -OCH3 is 2. The van der Waals surface area contributed by atoms with E-state index in [0.717, 1.165) is 22.6 Å². The molecule has 2 aromatic heterocycles. The van der Waals surface area contributed by atoms with E-state index < -0.39 is 12.5 Å². The second kappa shape index (κ2) is 7.20. The quantitative estimate of drug-likeness (QED) is 0.778. The fourth-order valence-corrected chi connectivity index (χ4v) is 2.81. The van der Waals surface area contributed by atoms with Gasteiger partial charge in [0.1, 0.15) is 6.17 Å². The Bertz CT molecular complexity index is 792. The van der Waals surface area contributed by atoms with E-state index in [1.54, 1.807) is 23.9 Å². The van der Waals surface area contributed by atoms with Crippen molar-refractivity contribution in [2.45, 2.75) is 18.9 Å². The van der Waals surface area contributed by atoms with E-state index in [1.165, 1.54) is 20.3 Å². The van der Waals surface area contributed by atoms with E-state index in [9.17, 15) is 9.18 Å². The summed E-state index contributed by atoms with van der Waals surface area (Å²) in [6.07, 6.45) is 2.16. The molecule has 0 bridgehead atoms. The van der Waals surface area contributed by atoms with Crippen LogP contribution in [-0.2, 0) is 22.9 Å². The summed E-state index contributed by atoms with van der Waals surface area (Å²) < 4.78 is 25.2. The maximum atomic E-state index is 13.5. The molecule has 1 atom stereocenters. The van der Waals surface area contributed by atoms with E-state index in [0.29, 0.717) is 6.42 Å². The van der Waals surface area contributed by atoms with Crippen LogP contribution in [0.15, 0.2) is 18.2 Å². The molecule has 2 N–H and O–H groups in total. The molecule has 7 nitrogen and oxygen atoms in total. The molecule has 2 aromatic rings. The molecular formula is C17H21FN4O3. The number of hydrogen-bond acceptors (Lipinski definition) is 4. The van der Waals surface area contributed by atoms with Gasteiger partial charge in [-0.05, 0) is 29.8 Å². The number of fused-ring (bicyclic) bond motifs is 1. The van der Waals surface area contributed by atoms with Gasteiger partial charge in [-0.1, -0.05) is 0 Å². The fourth-order valence-electron chi connectivity index (χ4n) is 2.81. The summed E-state index contributed by atoms with van der Waals surface area (Å²) in [5.74, 6) is -0.319. The van der Waals surface area contributed by atoms with Gasteiger partial charge in [-0.3, -0.25) is 9.48 Å². The normalized spacial score (nSPS) is 16.3.